The van der Waals surface area contributed by atoms with Gasteiger partial charge in [0.1, 0.15) is 23.7 Å². The maximum atomic E-state index is 14.8. The van der Waals surface area contributed by atoms with Gasteiger partial charge in [-0.15, -0.1) is 0 Å². The summed E-state index contributed by atoms with van der Waals surface area (Å²) in [6.45, 7) is 10.8. The first kappa shape index (κ1) is 58.6. The molecular weight excluding hydrogens is 996 g/mol. The number of amides is 6. The van der Waals surface area contributed by atoms with Crippen LogP contribution in [0.2, 0.25) is 0 Å². The number of halogens is 1. The van der Waals surface area contributed by atoms with E-state index in [4.69, 9.17) is 15.6 Å². The van der Waals surface area contributed by atoms with Crippen molar-refractivity contribution >= 4 is 46.9 Å². The SMILES string of the molecule is CC[C@H](NC(=O)[C@H]1C[C@@H](NC(=O)CCCCCCCCC(=O)NCCn2nc3c(c2OC)-c2cnc(N)c(c2)N2CCC[C@@H]2c2cc(F)ccc2C(=O)N(C)C3)CN1C(=O)[C@H](NC(=O)[C@@H](C)NC)C(C)(C)C)c1ccccc1. The Balaban J connectivity index is 0.875. The third-order valence-electron chi connectivity index (χ3n) is 15.4. The zero-order valence-corrected chi connectivity index (χ0v) is 46.8. The summed E-state index contributed by atoms with van der Waals surface area (Å²) in [5, 5.41) is 20.0. The fourth-order valence-corrected chi connectivity index (χ4v) is 11.0. The summed E-state index contributed by atoms with van der Waals surface area (Å²) in [6.07, 6.45) is 9.60. The number of nitrogen functional groups attached to an aromatic ring is 1. The summed E-state index contributed by atoms with van der Waals surface area (Å²) < 4.78 is 22.4. The second kappa shape index (κ2) is 26.5. The number of nitrogens with zero attached hydrogens (tertiary/aromatic N) is 6. The zero-order valence-electron chi connectivity index (χ0n) is 46.8. The van der Waals surface area contributed by atoms with Crippen LogP contribution < -0.4 is 42.0 Å². The quantitative estimate of drug-likeness (QED) is 0.0474. The lowest BCUT2D eigenvalue weighted by atomic mass is 9.85. The third kappa shape index (κ3) is 14.1. The number of aromatic nitrogens is 3. The van der Waals surface area contributed by atoms with E-state index in [2.05, 4.69) is 36.5 Å². The molecule has 0 unspecified atom stereocenters. The Labute approximate surface area is 458 Å². The Morgan fingerprint density at radius 3 is 2.33 bits per heavy atom. The van der Waals surface area contributed by atoms with Crippen LogP contribution in [0, 0.1) is 11.2 Å². The number of rotatable bonds is 22. The first-order valence-corrected chi connectivity index (χ1v) is 27.7. The van der Waals surface area contributed by atoms with E-state index >= 15 is 0 Å². The molecule has 6 amide bonds. The molecule has 3 aliphatic heterocycles. The van der Waals surface area contributed by atoms with E-state index in [0.29, 0.717) is 90.5 Å². The Morgan fingerprint density at radius 1 is 0.949 bits per heavy atom. The molecule has 0 radical (unpaired) electrons. The van der Waals surface area contributed by atoms with Gasteiger partial charge in [0.25, 0.3) is 5.91 Å². The van der Waals surface area contributed by atoms with Gasteiger partial charge in [-0.25, -0.2) is 14.1 Å². The number of carbonyl (C=O) groups is 6. The molecule has 4 aromatic rings. The van der Waals surface area contributed by atoms with Crippen molar-refractivity contribution in [1.82, 2.24) is 51.1 Å². The number of likely N-dealkylation sites (tertiary alicyclic amines) is 1. The van der Waals surface area contributed by atoms with Gasteiger partial charge in [-0.3, -0.25) is 28.8 Å². The molecule has 2 bridgehead atoms. The lowest BCUT2D eigenvalue weighted by Gasteiger charge is -2.36. The van der Waals surface area contributed by atoms with E-state index in [9.17, 15) is 33.2 Å². The number of benzene rings is 2. The minimum absolute atomic E-state index is 0.0834. The molecule has 2 saturated heterocycles. The van der Waals surface area contributed by atoms with Crippen molar-refractivity contribution in [3.63, 3.8) is 0 Å². The van der Waals surface area contributed by atoms with Crippen molar-refractivity contribution in [2.24, 2.45) is 5.41 Å². The summed E-state index contributed by atoms with van der Waals surface area (Å²) in [5.41, 5.74) is 10.4. The van der Waals surface area contributed by atoms with Crippen molar-refractivity contribution in [2.75, 3.05) is 51.5 Å². The van der Waals surface area contributed by atoms with Crippen LogP contribution in [-0.4, -0.2) is 125 Å². The van der Waals surface area contributed by atoms with Gasteiger partial charge >= 0.3 is 0 Å². The van der Waals surface area contributed by atoms with Crippen LogP contribution in [0.15, 0.2) is 60.8 Å². The van der Waals surface area contributed by atoms with Crippen molar-refractivity contribution in [2.45, 2.75) is 161 Å². The minimum atomic E-state index is -0.915. The van der Waals surface area contributed by atoms with Gasteiger partial charge in [-0.1, -0.05) is 83.7 Å². The predicted octanol–water partition coefficient (Wildman–Crippen LogP) is 6.33. The average Bonchev–Trinajstić information content (AvgIpc) is 4.19. The van der Waals surface area contributed by atoms with Gasteiger partial charge in [-0.05, 0) is 93.3 Å². The van der Waals surface area contributed by atoms with Gasteiger partial charge in [0.2, 0.25) is 35.4 Å². The molecule has 422 valence electrons. The number of anilines is 2. The zero-order chi connectivity index (χ0) is 56.3. The number of nitrogens with one attached hydrogen (secondary N) is 5. The van der Waals surface area contributed by atoms with Gasteiger partial charge in [-0.2, -0.15) is 5.10 Å². The van der Waals surface area contributed by atoms with Crippen LogP contribution >= 0.6 is 0 Å². The maximum absolute atomic E-state index is 14.8. The first-order chi connectivity index (χ1) is 37.3. The fraction of sp³-hybridized carbons (Fsp3) is 0.552. The van der Waals surface area contributed by atoms with E-state index in [-0.39, 0.29) is 73.6 Å². The number of ether oxygens (including phenoxy) is 1. The van der Waals surface area contributed by atoms with Crippen molar-refractivity contribution in [1.29, 1.82) is 0 Å². The number of unbranched alkanes of at least 4 members (excludes halogenated alkanes) is 5. The number of hydrogen-bond donors (Lipinski definition) is 6. The van der Waals surface area contributed by atoms with Gasteiger partial charge in [0.15, 0.2) is 0 Å². The van der Waals surface area contributed by atoms with Gasteiger partial charge in [0.05, 0.1) is 55.3 Å². The Morgan fingerprint density at radius 2 is 1.65 bits per heavy atom. The molecule has 2 fully saturated rings. The van der Waals surface area contributed by atoms with Crippen molar-refractivity contribution < 1.29 is 37.9 Å². The van der Waals surface area contributed by atoms with Crippen LogP contribution in [0.5, 0.6) is 5.88 Å². The van der Waals surface area contributed by atoms with Crippen LogP contribution in [0.3, 0.4) is 0 Å². The summed E-state index contributed by atoms with van der Waals surface area (Å²) in [5.74, 6) is -1.15. The van der Waals surface area contributed by atoms with Crippen molar-refractivity contribution in [3.8, 4) is 17.0 Å². The third-order valence-corrected chi connectivity index (χ3v) is 15.4. The molecule has 20 heteroatoms. The number of nitrogens with two attached hydrogens (primary N) is 1. The molecule has 0 saturated carbocycles. The normalized spacial score (nSPS) is 18.3. The number of methoxy groups -OCH3 is 1. The highest BCUT2D eigenvalue weighted by molar-refractivity contribution is 5.97. The fourth-order valence-electron chi connectivity index (χ4n) is 11.0. The molecule has 2 aromatic heterocycles. The van der Waals surface area contributed by atoms with E-state index in [0.717, 1.165) is 44.1 Å². The highest BCUT2D eigenvalue weighted by Crippen LogP contribution is 2.44. The Hall–Kier alpha value is -7.09. The molecule has 78 heavy (non-hydrogen) atoms. The molecule has 5 heterocycles. The molecule has 7 rings (SSSR count). The van der Waals surface area contributed by atoms with Gasteiger partial charge in [0, 0.05) is 62.9 Å². The highest BCUT2D eigenvalue weighted by atomic mass is 19.1. The number of pyridine rings is 1. The van der Waals surface area contributed by atoms with Gasteiger partial charge < -0.3 is 51.8 Å². The standard InChI is InChI=1S/C58H81FN12O7/c1-9-43(37-20-15-14-16-21-37)65-54(75)47-32-40(34-70(47)56(77)51(58(3,4)5)66-53(74)36(2)61-6)64-49(73)24-18-13-11-10-12-17-23-48(72)62-27-29-71-57(78-8)50-38-30-46(52(60)63-33-38)69-28-19-22-45(69)42-31-39(59)25-26-41(42)55(76)68(7)35-44(50)67-71/h14-16,20-21,25-26,30-31,33,36,40,43,45,47,51,61H,9-13,17-19,22-24,27-29,32,34-35H2,1-8H3,(H2,60,63)(H,62,72)(H,64,73)(H,65,75)(H,66,74)/t36-,40-,43+,45-,47-,51+/m1/s1. The van der Waals surface area contributed by atoms with E-state index in [1.54, 1.807) is 50.0 Å². The molecule has 6 atom stereocenters. The maximum Gasteiger partial charge on any atom is 0.254 e. The molecule has 7 N–H and O–H groups in total. The van der Waals surface area contributed by atoms with Crippen LogP contribution in [0.4, 0.5) is 15.9 Å². The largest absolute Gasteiger partial charge is 0.481 e. The summed E-state index contributed by atoms with van der Waals surface area (Å²) in [4.78, 5) is 91.8. The van der Waals surface area contributed by atoms with E-state index in [1.165, 1.54) is 17.0 Å². The lowest BCUT2D eigenvalue weighted by Crippen LogP contribution is -2.59. The van der Waals surface area contributed by atoms with Crippen LogP contribution in [-0.2, 0) is 37.1 Å². The molecule has 2 aromatic carbocycles. The molecule has 19 nitrogen and oxygen atoms in total. The highest BCUT2D eigenvalue weighted by Gasteiger charge is 2.46. The average molecular weight is 1080 g/mol. The number of fused-ring (bicyclic) bond motifs is 8. The second-order valence-electron chi connectivity index (χ2n) is 22.1. The number of likely N-dealkylation sites (N-methyl/N-ethyl adjacent to an activating group) is 1. The second-order valence-corrected chi connectivity index (χ2v) is 22.1. The Bertz CT molecular complexity index is 2770. The molecule has 0 spiro atoms. The van der Waals surface area contributed by atoms with E-state index in [1.807, 2.05) is 64.1 Å². The smallest absolute Gasteiger partial charge is 0.254 e. The molecule has 3 aliphatic rings. The first-order valence-electron chi connectivity index (χ1n) is 27.7. The summed E-state index contributed by atoms with van der Waals surface area (Å²) in [7, 11) is 4.92. The Kier molecular flexibility index (Phi) is 19.9. The summed E-state index contributed by atoms with van der Waals surface area (Å²) in [6, 6.07) is 12.6. The number of hydrogen-bond acceptors (Lipinski definition) is 12. The monoisotopic (exact) mass is 1080 g/mol. The lowest BCUT2D eigenvalue weighted by molar-refractivity contribution is -0.144. The van der Waals surface area contributed by atoms with Crippen LogP contribution in [0.1, 0.15) is 151 Å². The molecular formula is C58H81FN12O7. The topological polar surface area (TPSA) is 238 Å². The minimum Gasteiger partial charge on any atom is -0.481 e. The predicted molar refractivity (Wildman–Crippen MR) is 297 cm³/mol. The van der Waals surface area contributed by atoms with E-state index < -0.39 is 35.4 Å². The molecule has 0 aliphatic carbocycles. The number of carbonyl (C=O) groups excluding carboxylic acids is 6. The van der Waals surface area contributed by atoms with Crippen LogP contribution in [0.25, 0.3) is 11.1 Å². The van der Waals surface area contributed by atoms with Crippen molar-refractivity contribution in [3.05, 3.63) is 89.0 Å². The summed E-state index contributed by atoms with van der Waals surface area (Å²) >= 11 is 0.